The quantitative estimate of drug-likeness (QED) is 0.667. The third kappa shape index (κ3) is 3.45. The molecule has 0 spiro atoms. The molecule has 1 heterocycles. The number of ether oxygens (including phenoxy) is 1. The largest absolute Gasteiger partial charge is 0.443 e. The van der Waals surface area contributed by atoms with Crippen molar-refractivity contribution < 1.29 is 18.3 Å². The molecule has 1 aliphatic carbocycles. The maximum absolute atomic E-state index is 13.4. The van der Waals surface area contributed by atoms with Gasteiger partial charge in [-0.3, -0.25) is 4.57 Å². The molecule has 0 N–H and O–H groups in total. The Morgan fingerprint density at radius 3 is 2.46 bits per heavy atom. The van der Waals surface area contributed by atoms with Crippen LogP contribution in [0, 0.1) is 0 Å². The Balaban J connectivity index is 1.97. The first-order chi connectivity index (χ1) is 11.2. The summed E-state index contributed by atoms with van der Waals surface area (Å²) >= 11 is 0. The summed E-state index contributed by atoms with van der Waals surface area (Å²) in [6.45, 7) is 5.46. The van der Waals surface area contributed by atoms with E-state index in [1.54, 1.807) is 6.20 Å². The van der Waals surface area contributed by atoms with Gasteiger partial charge in [0.2, 0.25) is 5.92 Å². The molecule has 0 unspecified atom stereocenters. The molecular weight excluding hydrogens is 312 g/mol. The van der Waals surface area contributed by atoms with Crippen LogP contribution in [0.2, 0.25) is 0 Å². The molecule has 130 valence electrons. The van der Waals surface area contributed by atoms with Gasteiger partial charge in [0.25, 0.3) is 0 Å². The number of para-hydroxylation sites is 1. The molecule has 24 heavy (non-hydrogen) atoms. The van der Waals surface area contributed by atoms with Crippen LogP contribution in [-0.4, -0.2) is 22.2 Å². The maximum Gasteiger partial charge on any atom is 0.419 e. The highest BCUT2D eigenvalue weighted by Gasteiger charge is 2.36. The van der Waals surface area contributed by atoms with E-state index in [0.717, 1.165) is 16.5 Å². The Bertz CT molecular complexity index is 748. The van der Waals surface area contributed by atoms with Gasteiger partial charge in [-0.15, -0.1) is 0 Å². The summed E-state index contributed by atoms with van der Waals surface area (Å²) in [7, 11) is 0. The lowest BCUT2D eigenvalue weighted by atomic mass is 9.82. The van der Waals surface area contributed by atoms with Crippen molar-refractivity contribution in [2.24, 2.45) is 0 Å². The van der Waals surface area contributed by atoms with Crippen molar-refractivity contribution in [1.29, 1.82) is 0 Å². The van der Waals surface area contributed by atoms with Crippen LogP contribution in [0.25, 0.3) is 10.9 Å². The number of hydrogen-bond acceptors (Lipinski definition) is 2. The standard InChI is InChI=1S/C19H23F2NO2/c1-18(2,3)24-17(23)22-12-15(14-6-4-5-7-16(14)22)13-8-10-19(20,21)11-9-13/h4-7,12-13H,8-11H2,1-3H3. The predicted molar refractivity (Wildman–Crippen MR) is 89.7 cm³/mol. The molecule has 3 rings (SSSR count). The van der Waals surface area contributed by atoms with E-state index in [-0.39, 0.29) is 18.8 Å². The Labute approximate surface area is 140 Å². The highest BCUT2D eigenvalue weighted by molar-refractivity contribution is 5.92. The van der Waals surface area contributed by atoms with Gasteiger partial charge in [0.15, 0.2) is 0 Å². The zero-order valence-corrected chi connectivity index (χ0v) is 14.3. The average molecular weight is 335 g/mol. The van der Waals surface area contributed by atoms with E-state index < -0.39 is 17.6 Å². The van der Waals surface area contributed by atoms with E-state index in [0.29, 0.717) is 12.8 Å². The van der Waals surface area contributed by atoms with Crippen LogP contribution in [0.5, 0.6) is 0 Å². The van der Waals surface area contributed by atoms with Gasteiger partial charge in [-0.1, -0.05) is 18.2 Å². The summed E-state index contributed by atoms with van der Waals surface area (Å²) in [6.07, 6.45) is 2.02. The number of nitrogens with zero attached hydrogens (tertiary/aromatic N) is 1. The van der Waals surface area contributed by atoms with Gasteiger partial charge in [-0.2, -0.15) is 0 Å². The van der Waals surface area contributed by atoms with Crippen molar-refractivity contribution in [3.8, 4) is 0 Å². The van der Waals surface area contributed by atoms with Crippen molar-refractivity contribution in [2.75, 3.05) is 0 Å². The van der Waals surface area contributed by atoms with Crippen LogP contribution in [0.3, 0.4) is 0 Å². The number of fused-ring (bicyclic) bond motifs is 1. The number of halogens is 2. The van der Waals surface area contributed by atoms with E-state index >= 15 is 0 Å². The molecule has 0 saturated heterocycles. The number of alkyl halides is 2. The van der Waals surface area contributed by atoms with Crippen molar-refractivity contribution in [2.45, 2.75) is 63.9 Å². The molecule has 2 aromatic rings. The topological polar surface area (TPSA) is 31.2 Å². The maximum atomic E-state index is 13.4. The summed E-state index contributed by atoms with van der Waals surface area (Å²) in [5, 5.41) is 0.943. The van der Waals surface area contributed by atoms with Gasteiger partial charge in [-0.05, 0) is 51.2 Å². The Hall–Kier alpha value is -1.91. The van der Waals surface area contributed by atoms with Crippen LogP contribution in [0.15, 0.2) is 30.5 Å². The van der Waals surface area contributed by atoms with Crippen LogP contribution in [-0.2, 0) is 4.74 Å². The third-order valence-electron chi connectivity index (χ3n) is 4.49. The molecular formula is C19H23F2NO2. The number of carbonyl (C=O) groups excluding carboxylic acids is 1. The Morgan fingerprint density at radius 1 is 1.21 bits per heavy atom. The molecule has 0 atom stereocenters. The zero-order chi connectivity index (χ0) is 17.5. The lowest BCUT2D eigenvalue weighted by molar-refractivity contribution is -0.0381. The molecule has 1 aromatic carbocycles. The van der Waals surface area contributed by atoms with E-state index in [2.05, 4.69) is 0 Å². The first-order valence-electron chi connectivity index (χ1n) is 8.37. The lowest BCUT2D eigenvalue weighted by Gasteiger charge is -2.28. The molecule has 0 aliphatic heterocycles. The fourth-order valence-corrected chi connectivity index (χ4v) is 3.34. The molecule has 1 saturated carbocycles. The second-order valence-corrected chi connectivity index (χ2v) is 7.58. The van der Waals surface area contributed by atoms with Crippen molar-refractivity contribution in [3.05, 3.63) is 36.0 Å². The van der Waals surface area contributed by atoms with Crippen molar-refractivity contribution in [1.82, 2.24) is 4.57 Å². The second-order valence-electron chi connectivity index (χ2n) is 7.58. The number of hydrogen-bond donors (Lipinski definition) is 0. The van der Waals surface area contributed by atoms with E-state index in [1.165, 1.54) is 4.57 Å². The molecule has 1 aromatic heterocycles. The normalized spacial score (nSPS) is 18.7. The fourth-order valence-electron chi connectivity index (χ4n) is 3.34. The number of benzene rings is 1. The van der Waals surface area contributed by atoms with E-state index in [4.69, 9.17) is 4.74 Å². The molecule has 5 heteroatoms. The minimum atomic E-state index is -2.56. The predicted octanol–water partition coefficient (Wildman–Crippen LogP) is 5.72. The summed E-state index contributed by atoms with van der Waals surface area (Å²) in [5.41, 5.74) is 1.14. The lowest BCUT2D eigenvalue weighted by Crippen LogP contribution is -2.26. The van der Waals surface area contributed by atoms with Gasteiger partial charge >= 0.3 is 6.09 Å². The van der Waals surface area contributed by atoms with Crippen LogP contribution < -0.4 is 0 Å². The molecule has 0 amide bonds. The highest BCUT2D eigenvalue weighted by Crippen LogP contribution is 2.43. The molecule has 0 radical (unpaired) electrons. The van der Waals surface area contributed by atoms with Crippen LogP contribution >= 0.6 is 0 Å². The third-order valence-corrected chi connectivity index (χ3v) is 4.49. The second kappa shape index (κ2) is 5.87. The highest BCUT2D eigenvalue weighted by atomic mass is 19.3. The van der Waals surface area contributed by atoms with E-state index in [1.807, 2.05) is 45.0 Å². The van der Waals surface area contributed by atoms with Crippen LogP contribution in [0.1, 0.15) is 57.9 Å². The smallest absolute Gasteiger partial charge is 0.419 e. The van der Waals surface area contributed by atoms with Gasteiger partial charge in [0.05, 0.1) is 5.52 Å². The number of rotatable bonds is 1. The number of carbonyl (C=O) groups is 1. The summed E-state index contributed by atoms with van der Waals surface area (Å²) < 4.78 is 33.9. The van der Waals surface area contributed by atoms with Crippen molar-refractivity contribution in [3.63, 3.8) is 0 Å². The Morgan fingerprint density at radius 2 is 1.83 bits per heavy atom. The van der Waals surface area contributed by atoms with Gasteiger partial charge in [-0.25, -0.2) is 13.6 Å². The first kappa shape index (κ1) is 16.9. The zero-order valence-electron chi connectivity index (χ0n) is 14.3. The van der Waals surface area contributed by atoms with Crippen LogP contribution in [0.4, 0.5) is 13.6 Å². The summed E-state index contributed by atoms with van der Waals surface area (Å²) in [6, 6.07) is 7.57. The molecule has 1 fully saturated rings. The number of aromatic nitrogens is 1. The monoisotopic (exact) mass is 335 g/mol. The molecule has 1 aliphatic rings. The SMILES string of the molecule is CC(C)(C)OC(=O)n1cc(C2CCC(F)(F)CC2)c2ccccc21. The van der Waals surface area contributed by atoms with Gasteiger partial charge in [0.1, 0.15) is 5.60 Å². The minimum Gasteiger partial charge on any atom is -0.443 e. The van der Waals surface area contributed by atoms with Gasteiger partial charge < -0.3 is 4.74 Å². The van der Waals surface area contributed by atoms with Crippen molar-refractivity contribution >= 4 is 17.0 Å². The first-order valence-corrected chi connectivity index (χ1v) is 8.37. The summed E-state index contributed by atoms with van der Waals surface area (Å²) in [5.74, 6) is -2.50. The summed E-state index contributed by atoms with van der Waals surface area (Å²) in [4.78, 5) is 12.5. The minimum absolute atomic E-state index is 0.0539. The fraction of sp³-hybridized carbons (Fsp3) is 0.526. The molecule has 0 bridgehead atoms. The molecule has 3 nitrogen and oxygen atoms in total. The average Bonchev–Trinajstić information content (AvgIpc) is 2.85. The Kier molecular flexibility index (Phi) is 4.14. The van der Waals surface area contributed by atoms with Gasteiger partial charge in [0, 0.05) is 24.4 Å². The van der Waals surface area contributed by atoms with E-state index in [9.17, 15) is 13.6 Å².